The van der Waals surface area contributed by atoms with Crippen LogP contribution in [0.4, 0.5) is 17.6 Å². The molecule has 78 valence electrons. The van der Waals surface area contributed by atoms with Crippen LogP contribution in [-0.2, 0) is 0 Å². The van der Waals surface area contributed by atoms with E-state index >= 15 is 0 Å². The van der Waals surface area contributed by atoms with Gasteiger partial charge in [0.05, 0.1) is 5.39 Å². The van der Waals surface area contributed by atoms with E-state index in [1.54, 1.807) is 0 Å². The van der Waals surface area contributed by atoms with E-state index in [2.05, 4.69) is 9.97 Å². The van der Waals surface area contributed by atoms with Crippen molar-refractivity contribution >= 4 is 22.5 Å². The molecular weight excluding hydrogens is 236 g/mol. The molecule has 1 aromatic carbocycles. The summed E-state index contributed by atoms with van der Waals surface area (Å²) < 4.78 is 59.1. The fourth-order valence-electron chi connectivity index (χ4n) is 1.09. The molecule has 1 heterocycles. The van der Waals surface area contributed by atoms with Crippen molar-refractivity contribution in [3.63, 3.8) is 0 Å². The number of aromatic nitrogens is 2. The number of fused-ring (bicyclic) bond motifs is 1. The van der Waals surface area contributed by atoms with E-state index in [0.717, 1.165) is 0 Å². The molecule has 0 bridgehead atoms. The van der Waals surface area contributed by atoms with Crippen LogP contribution in [0, 0.1) is 23.3 Å². The Bertz CT molecular complexity index is 605. The highest BCUT2D eigenvalue weighted by atomic mass is 35.5. The smallest absolute Gasteiger partial charge is 0.199 e. The van der Waals surface area contributed by atoms with Gasteiger partial charge in [-0.05, 0) is 0 Å². The fourth-order valence-corrected chi connectivity index (χ4v) is 1.30. The van der Waals surface area contributed by atoms with Crippen molar-refractivity contribution in [1.29, 1.82) is 0 Å². The lowest BCUT2D eigenvalue weighted by atomic mass is 10.2. The van der Waals surface area contributed by atoms with Crippen LogP contribution in [0.2, 0.25) is 5.15 Å². The summed E-state index contributed by atoms with van der Waals surface area (Å²) in [5, 5.41) is -1.43. The third kappa shape index (κ3) is 1.32. The highest BCUT2D eigenvalue weighted by Gasteiger charge is 2.23. The first-order valence-electron chi connectivity index (χ1n) is 4.09. The molecule has 0 N–H and O–H groups in total. The summed E-state index contributed by atoms with van der Waals surface area (Å²) in [6.45, 7) is 0. The zero-order chi connectivity index (χ0) is 12.0. The molecule has 0 fully saturated rings. The third-order valence-corrected chi connectivity index (χ3v) is 2.03. The summed E-state index contributed by atoms with van der Waals surface area (Å²) in [5.74, 6) is -7.38. The Kier molecular flexibility index (Phi) is 1.95. The van der Waals surface area contributed by atoms with E-state index in [0.29, 0.717) is 0 Å². The maximum Gasteiger partial charge on any atom is 0.199 e. The predicted molar refractivity (Wildman–Crippen MR) is 44.4 cm³/mol. The monoisotopic (exact) mass is 237 g/mol. The largest absolute Gasteiger partial charge is 0.233 e. The van der Waals surface area contributed by atoms with Gasteiger partial charge in [-0.3, -0.25) is 0 Å². The molecule has 0 radical (unpaired) electrons. The molecule has 0 aliphatic rings. The van der Waals surface area contributed by atoms with Gasteiger partial charge in [-0.2, -0.15) is 0 Å². The van der Waals surface area contributed by atoms with Gasteiger partial charge in [0, 0.05) is 0 Å². The number of rotatable bonds is 0. The molecule has 0 aliphatic heterocycles. The van der Waals surface area contributed by atoms with Gasteiger partial charge in [0.15, 0.2) is 23.3 Å². The molecule has 0 saturated carbocycles. The molecule has 0 atom stereocenters. The lowest BCUT2D eigenvalue weighted by Gasteiger charge is -2.03. The van der Waals surface area contributed by atoms with Crippen molar-refractivity contribution < 1.29 is 18.9 Å². The zero-order valence-electron chi connectivity index (χ0n) is 7.78. The van der Waals surface area contributed by atoms with Gasteiger partial charge >= 0.3 is 0 Å². The second kappa shape index (κ2) is 3.30. The Morgan fingerprint density at radius 1 is 1.00 bits per heavy atom. The lowest BCUT2D eigenvalue weighted by molar-refractivity contribution is 0.417. The minimum atomic E-state index is -2.00. The standard InChI is InChI=1S/C8HClF4N2/c9-8-2-3(10)4(11)5(12)6(13)7(2)14-1-15-8/h1H/i1D. The Hall–Kier alpha value is -1.43. The molecule has 2 rings (SSSR count). The Morgan fingerprint density at radius 2 is 1.60 bits per heavy atom. The minimum absolute atomic E-state index is 0.648. The van der Waals surface area contributed by atoms with Crippen molar-refractivity contribution in [2.45, 2.75) is 0 Å². The van der Waals surface area contributed by atoms with Crippen LogP contribution in [0.15, 0.2) is 6.30 Å². The van der Waals surface area contributed by atoms with Crippen LogP contribution in [0.3, 0.4) is 0 Å². The molecule has 2 nitrogen and oxygen atoms in total. The number of nitrogens with zero attached hydrogens (tertiary/aromatic N) is 2. The van der Waals surface area contributed by atoms with Gasteiger partial charge in [0.2, 0.25) is 0 Å². The van der Waals surface area contributed by atoms with E-state index in [9.17, 15) is 17.6 Å². The van der Waals surface area contributed by atoms with Crippen molar-refractivity contribution in [2.24, 2.45) is 0 Å². The fraction of sp³-hybridized carbons (Fsp3) is 0. The summed E-state index contributed by atoms with van der Waals surface area (Å²) >= 11 is 5.40. The third-order valence-electron chi connectivity index (χ3n) is 1.76. The number of hydrogen-bond donors (Lipinski definition) is 0. The van der Waals surface area contributed by atoms with Crippen molar-refractivity contribution in [3.05, 3.63) is 34.7 Å². The maximum absolute atomic E-state index is 13.2. The summed E-state index contributed by atoms with van der Waals surface area (Å²) in [4.78, 5) is 6.35. The molecule has 0 unspecified atom stereocenters. The number of hydrogen-bond acceptors (Lipinski definition) is 2. The summed E-state index contributed by atoms with van der Waals surface area (Å²) in [6, 6.07) is 0. The predicted octanol–water partition coefficient (Wildman–Crippen LogP) is 2.84. The zero-order valence-corrected chi connectivity index (χ0v) is 7.54. The first kappa shape index (κ1) is 8.84. The molecule has 0 spiro atoms. The molecular formula is C8HClF4N2. The Balaban J connectivity index is 3.08. The quantitative estimate of drug-likeness (QED) is 0.305. The van der Waals surface area contributed by atoms with Crippen LogP contribution < -0.4 is 0 Å². The highest BCUT2D eigenvalue weighted by molar-refractivity contribution is 6.34. The average Bonchev–Trinajstić information content (AvgIpc) is 2.22. The van der Waals surface area contributed by atoms with Crippen molar-refractivity contribution in [3.8, 4) is 0 Å². The van der Waals surface area contributed by atoms with Gasteiger partial charge in [0.1, 0.15) is 18.3 Å². The first-order valence-corrected chi connectivity index (χ1v) is 3.97. The van der Waals surface area contributed by atoms with Gasteiger partial charge < -0.3 is 0 Å². The average molecular weight is 238 g/mol. The van der Waals surface area contributed by atoms with Gasteiger partial charge in [0.25, 0.3) is 0 Å². The van der Waals surface area contributed by atoms with E-state index in [1.807, 2.05) is 0 Å². The summed E-state index contributed by atoms with van der Waals surface area (Å²) in [5.41, 5.74) is -0.860. The van der Waals surface area contributed by atoms with Crippen LogP contribution in [0.5, 0.6) is 0 Å². The van der Waals surface area contributed by atoms with Crippen LogP contribution in [0.25, 0.3) is 10.9 Å². The van der Waals surface area contributed by atoms with Crippen molar-refractivity contribution in [1.82, 2.24) is 9.97 Å². The van der Waals surface area contributed by atoms with Crippen molar-refractivity contribution in [2.75, 3.05) is 0 Å². The SMILES string of the molecule is [2H]c1nc(Cl)c2c(F)c(F)c(F)c(F)c2n1. The molecule has 0 saturated heterocycles. The lowest BCUT2D eigenvalue weighted by Crippen LogP contribution is -2.00. The van der Waals surface area contributed by atoms with Crippen LogP contribution in [0.1, 0.15) is 1.37 Å². The highest BCUT2D eigenvalue weighted by Crippen LogP contribution is 2.28. The number of halogens is 5. The van der Waals surface area contributed by atoms with E-state index in [4.69, 9.17) is 13.0 Å². The van der Waals surface area contributed by atoms with Gasteiger partial charge in [-0.25, -0.2) is 27.5 Å². The van der Waals surface area contributed by atoms with Gasteiger partial charge in [-0.15, -0.1) is 0 Å². The Labute approximate surface area is 86.9 Å². The first-order chi connectivity index (χ1) is 7.43. The molecule has 0 aliphatic carbocycles. The van der Waals surface area contributed by atoms with E-state index in [-0.39, 0.29) is 0 Å². The molecule has 7 heteroatoms. The Morgan fingerprint density at radius 3 is 2.27 bits per heavy atom. The van der Waals surface area contributed by atoms with Crippen LogP contribution in [-0.4, -0.2) is 9.97 Å². The topological polar surface area (TPSA) is 25.8 Å². The van der Waals surface area contributed by atoms with Crippen LogP contribution >= 0.6 is 11.6 Å². The number of benzene rings is 1. The maximum atomic E-state index is 13.2. The minimum Gasteiger partial charge on any atom is -0.233 e. The summed E-state index contributed by atoms with van der Waals surface area (Å²) in [7, 11) is 0. The molecule has 15 heavy (non-hydrogen) atoms. The molecule has 2 aromatic rings. The molecule has 1 aromatic heterocycles. The second-order valence-corrected chi connectivity index (χ2v) is 2.95. The normalized spacial score (nSPS) is 11.9. The summed E-state index contributed by atoms with van der Waals surface area (Å²) in [6.07, 6.45) is -0.721. The molecule has 0 amide bonds. The van der Waals surface area contributed by atoms with Gasteiger partial charge in [-0.1, -0.05) is 11.6 Å². The van der Waals surface area contributed by atoms with E-state index in [1.165, 1.54) is 0 Å². The van der Waals surface area contributed by atoms with E-state index < -0.39 is 45.6 Å². The second-order valence-electron chi connectivity index (χ2n) is 2.59.